The SMILES string of the molecule is C=CC([SiH3])N1CC(=O)NC1=O. The topological polar surface area (TPSA) is 49.4 Å². The maximum absolute atomic E-state index is 11.0. The van der Waals surface area contributed by atoms with Crippen molar-refractivity contribution in [2.75, 3.05) is 6.54 Å². The number of hydrogen-bond acceptors (Lipinski definition) is 2. The van der Waals surface area contributed by atoms with Crippen LogP contribution in [0.15, 0.2) is 12.7 Å². The molecular formula is C6H10N2O2Si. The summed E-state index contributed by atoms with van der Waals surface area (Å²) in [6, 6.07) is -0.296. The van der Waals surface area contributed by atoms with Crippen molar-refractivity contribution in [1.29, 1.82) is 0 Å². The average molecular weight is 170 g/mol. The Bertz CT molecular complexity index is 217. The molecule has 0 radical (unpaired) electrons. The Morgan fingerprint density at radius 2 is 2.36 bits per heavy atom. The molecule has 5 heteroatoms. The fourth-order valence-corrected chi connectivity index (χ4v) is 1.33. The van der Waals surface area contributed by atoms with Gasteiger partial charge in [0.05, 0.1) is 0 Å². The summed E-state index contributed by atoms with van der Waals surface area (Å²) in [5, 5.41) is 2.20. The third-order valence-corrected chi connectivity index (χ3v) is 2.75. The fourth-order valence-electron chi connectivity index (χ4n) is 0.913. The second-order valence-electron chi connectivity index (χ2n) is 2.46. The lowest BCUT2D eigenvalue weighted by atomic mass is 10.5. The molecule has 1 atom stereocenters. The highest BCUT2D eigenvalue weighted by Gasteiger charge is 2.28. The second-order valence-corrected chi connectivity index (χ2v) is 3.64. The standard InChI is InChI=1S/C6H10N2O2Si/c1-2-5(11)8-3-4(9)7-6(8)10/h2,5H,1,3H2,11H3,(H,7,9,10). The van der Waals surface area contributed by atoms with Crippen LogP contribution in [0.5, 0.6) is 0 Å². The molecule has 1 aliphatic rings. The van der Waals surface area contributed by atoms with Gasteiger partial charge in [-0.15, -0.1) is 6.58 Å². The quantitative estimate of drug-likeness (QED) is 0.309. The van der Waals surface area contributed by atoms with Gasteiger partial charge in [0.25, 0.3) is 0 Å². The van der Waals surface area contributed by atoms with Gasteiger partial charge in [0.1, 0.15) is 6.54 Å². The van der Waals surface area contributed by atoms with Gasteiger partial charge >= 0.3 is 6.03 Å². The van der Waals surface area contributed by atoms with E-state index in [1.165, 1.54) is 4.90 Å². The van der Waals surface area contributed by atoms with Crippen LogP contribution in [0, 0.1) is 0 Å². The van der Waals surface area contributed by atoms with E-state index in [2.05, 4.69) is 11.9 Å². The van der Waals surface area contributed by atoms with E-state index in [0.717, 1.165) is 10.2 Å². The van der Waals surface area contributed by atoms with Crippen molar-refractivity contribution < 1.29 is 9.59 Å². The first-order valence-corrected chi connectivity index (χ1v) is 4.53. The number of imide groups is 1. The first-order valence-electron chi connectivity index (χ1n) is 3.38. The van der Waals surface area contributed by atoms with Crippen LogP contribution in [0.4, 0.5) is 4.79 Å². The monoisotopic (exact) mass is 170 g/mol. The highest BCUT2D eigenvalue weighted by Crippen LogP contribution is 2.02. The Labute approximate surface area is 67.7 Å². The molecule has 1 N–H and O–H groups in total. The zero-order valence-corrected chi connectivity index (χ0v) is 8.33. The van der Waals surface area contributed by atoms with Gasteiger partial charge < -0.3 is 4.90 Å². The van der Waals surface area contributed by atoms with Crippen molar-refractivity contribution in [2.45, 2.75) is 5.67 Å². The summed E-state index contributed by atoms with van der Waals surface area (Å²) in [5.41, 5.74) is 0.0569. The maximum atomic E-state index is 11.0. The molecule has 0 saturated carbocycles. The summed E-state index contributed by atoms with van der Waals surface area (Å²) in [5.74, 6) is -0.224. The third-order valence-electron chi connectivity index (χ3n) is 1.65. The van der Waals surface area contributed by atoms with Gasteiger partial charge in [-0.25, -0.2) is 4.79 Å². The van der Waals surface area contributed by atoms with Gasteiger partial charge in [-0.2, -0.15) is 0 Å². The second kappa shape index (κ2) is 2.87. The number of urea groups is 1. The number of nitrogens with one attached hydrogen (secondary N) is 1. The van der Waals surface area contributed by atoms with Crippen molar-refractivity contribution in [3.8, 4) is 0 Å². The molecule has 0 aromatic carbocycles. The minimum Gasteiger partial charge on any atom is -0.312 e. The lowest BCUT2D eigenvalue weighted by Gasteiger charge is -2.17. The molecule has 0 spiro atoms. The summed E-state index contributed by atoms with van der Waals surface area (Å²) in [7, 11) is 0.807. The van der Waals surface area contributed by atoms with E-state index in [0.29, 0.717) is 0 Å². The summed E-state index contributed by atoms with van der Waals surface area (Å²) in [4.78, 5) is 23.1. The smallest absolute Gasteiger partial charge is 0.312 e. The van der Waals surface area contributed by atoms with E-state index in [1.807, 2.05) is 0 Å². The molecule has 4 nitrogen and oxygen atoms in total. The zero-order chi connectivity index (χ0) is 8.43. The summed E-state index contributed by atoms with van der Waals surface area (Å²) >= 11 is 0. The predicted octanol–water partition coefficient (Wildman–Crippen LogP) is -1.58. The van der Waals surface area contributed by atoms with Gasteiger partial charge in [0.15, 0.2) is 0 Å². The van der Waals surface area contributed by atoms with Crippen molar-refractivity contribution in [3.05, 3.63) is 12.7 Å². The fraction of sp³-hybridized carbons (Fsp3) is 0.333. The van der Waals surface area contributed by atoms with E-state index in [9.17, 15) is 9.59 Å². The van der Waals surface area contributed by atoms with Crippen LogP contribution in [-0.4, -0.2) is 39.3 Å². The zero-order valence-electron chi connectivity index (χ0n) is 6.33. The van der Waals surface area contributed by atoms with E-state index in [-0.39, 0.29) is 24.1 Å². The van der Waals surface area contributed by atoms with E-state index in [1.54, 1.807) is 6.08 Å². The van der Waals surface area contributed by atoms with Gasteiger partial charge in [-0.05, 0) is 0 Å². The van der Waals surface area contributed by atoms with Gasteiger partial charge in [-0.1, -0.05) is 6.08 Å². The number of carbonyl (C=O) groups is 2. The predicted molar refractivity (Wildman–Crippen MR) is 44.2 cm³/mol. The number of hydrogen-bond donors (Lipinski definition) is 1. The number of amides is 3. The van der Waals surface area contributed by atoms with Crippen LogP contribution in [0.1, 0.15) is 0 Å². The van der Waals surface area contributed by atoms with Crippen molar-refractivity contribution in [2.24, 2.45) is 0 Å². The van der Waals surface area contributed by atoms with Gasteiger partial charge in [0.2, 0.25) is 5.91 Å². The van der Waals surface area contributed by atoms with Crippen LogP contribution in [0.3, 0.4) is 0 Å². The Kier molecular flexibility index (Phi) is 2.09. The van der Waals surface area contributed by atoms with E-state index >= 15 is 0 Å². The van der Waals surface area contributed by atoms with Crippen molar-refractivity contribution in [3.63, 3.8) is 0 Å². The highest BCUT2D eigenvalue weighted by atomic mass is 28.1. The number of carbonyl (C=O) groups excluding carboxylic acids is 2. The molecule has 11 heavy (non-hydrogen) atoms. The minimum atomic E-state index is -0.296. The summed E-state index contributed by atoms with van der Waals surface area (Å²) < 4.78 is 0. The lowest BCUT2D eigenvalue weighted by Crippen LogP contribution is -2.36. The normalized spacial score (nSPS) is 20.2. The first-order chi connectivity index (χ1) is 5.15. The van der Waals surface area contributed by atoms with Crippen molar-refractivity contribution in [1.82, 2.24) is 10.2 Å². The van der Waals surface area contributed by atoms with E-state index in [4.69, 9.17) is 0 Å². The lowest BCUT2D eigenvalue weighted by molar-refractivity contribution is -0.118. The van der Waals surface area contributed by atoms with Crippen molar-refractivity contribution >= 4 is 22.2 Å². The first kappa shape index (κ1) is 8.00. The van der Waals surface area contributed by atoms with Gasteiger partial charge in [0, 0.05) is 15.9 Å². The van der Waals surface area contributed by atoms with Crippen LogP contribution in [0.25, 0.3) is 0 Å². The van der Waals surface area contributed by atoms with Crippen LogP contribution in [0.2, 0.25) is 0 Å². The molecule has 0 aliphatic carbocycles. The molecule has 3 amide bonds. The molecule has 0 aromatic rings. The molecule has 1 heterocycles. The average Bonchev–Trinajstić information content (AvgIpc) is 2.28. The molecule has 0 bridgehead atoms. The van der Waals surface area contributed by atoms with E-state index < -0.39 is 0 Å². The van der Waals surface area contributed by atoms with Crippen LogP contribution in [-0.2, 0) is 4.79 Å². The molecule has 0 aromatic heterocycles. The summed E-state index contributed by atoms with van der Waals surface area (Å²) in [6.07, 6.45) is 1.68. The summed E-state index contributed by atoms with van der Waals surface area (Å²) in [6.45, 7) is 3.75. The van der Waals surface area contributed by atoms with Crippen LogP contribution >= 0.6 is 0 Å². The molecule has 1 rings (SSSR count). The Morgan fingerprint density at radius 1 is 1.73 bits per heavy atom. The maximum Gasteiger partial charge on any atom is 0.324 e. The molecule has 1 unspecified atom stereocenters. The highest BCUT2D eigenvalue weighted by molar-refractivity contribution is 6.16. The molecule has 1 saturated heterocycles. The Morgan fingerprint density at radius 3 is 2.73 bits per heavy atom. The Hall–Kier alpha value is -1.10. The molecular weight excluding hydrogens is 160 g/mol. The molecule has 1 aliphatic heterocycles. The Balaban J connectivity index is 2.66. The number of rotatable bonds is 2. The molecule has 60 valence electrons. The molecule has 1 fully saturated rings. The third kappa shape index (κ3) is 1.48. The minimum absolute atomic E-state index is 0.0569. The largest absolute Gasteiger partial charge is 0.324 e. The van der Waals surface area contributed by atoms with Gasteiger partial charge in [-0.3, -0.25) is 10.1 Å². The van der Waals surface area contributed by atoms with Crippen LogP contribution < -0.4 is 5.32 Å². The number of nitrogens with zero attached hydrogens (tertiary/aromatic N) is 1.